The smallest absolute Gasteiger partial charge is 0.257 e. The number of pyridine rings is 1. The first kappa shape index (κ1) is 19.4. The summed E-state index contributed by atoms with van der Waals surface area (Å²) in [6.07, 6.45) is 4.58. The van der Waals surface area contributed by atoms with Crippen LogP contribution in [0.25, 0.3) is 0 Å². The van der Waals surface area contributed by atoms with E-state index in [2.05, 4.69) is 38.8 Å². The van der Waals surface area contributed by atoms with Crippen molar-refractivity contribution in [2.24, 2.45) is 5.92 Å². The summed E-state index contributed by atoms with van der Waals surface area (Å²) < 4.78 is 14.3. The molecule has 1 amide bonds. The van der Waals surface area contributed by atoms with Crippen molar-refractivity contribution in [1.82, 2.24) is 14.8 Å². The molecule has 0 saturated carbocycles. The second kappa shape index (κ2) is 8.28. The zero-order valence-electron chi connectivity index (χ0n) is 16.7. The first-order valence-electron chi connectivity index (χ1n) is 10.4. The molecule has 6 heteroatoms. The SMILES string of the molecule is O=C(c1ccccc1F)N1C[C@H](c2ccsc2)[C@H]2CN(Cc3ccncc3)CC[C@H]21. The molecule has 0 spiro atoms. The molecular weight excluding hydrogens is 397 g/mol. The predicted molar refractivity (Wildman–Crippen MR) is 116 cm³/mol. The van der Waals surface area contributed by atoms with E-state index in [0.29, 0.717) is 12.5 Å². The number of aromatic nitrogens is 1. The van der Waals surface area contributed by atoms with Gasteiger partial charge in [0.2, 0.25) is 0 Å². The van der Waals surface area contributed by atoms with Gasteiger partial charge in [-0.05, 0) is 58.6 Å². The molecule has 0 aliphatic carbocycles. The highest BCUT2D eigenvalue weighted by molar-refractivity contribution is 7.08. The summed E-state index contributed by atoms with van der Waals surface area (Å²) in [5.41, 5.74) is 2.74. The maximum atomic E-state index is 14.3. The standard InChI is InChI=1S/C24H24FN3OS/c25-22-4-2-1-3-19(22)24(29)28-15-20(18-8-12-30-16-18)21-14-27(11-7-23(21)28)13-17-5-9-26-10-6-17/h1-6,8-10,12,16,20-21,23H,7,11,13-15H2/t20-,21-,23-/m1/s1. The normalized spacial score (nSPS) is 24.0. The van der Waals surface area contributed by atoms with Crippen LogP contribution in [0.15, 0.2) is 65.6 Å². The molecule has 3 aromatic rings. The number of hydrogen-bond donors (Lipinski definition) is 0. The van der Waals surface area contributed by atoms with E-state index < -0.39 is 5.82 Å². The molecule has 0 bridgehead atoms. The van der Waals surface area contributed by atoms with Gasteiger partial charge in [0.15, 0.2) is 0 Å². The van der Waals surface area contributed by atoms with Gasteiger partial charge in [-0.15, -0.1) is 0 Å². The number of rotatable bonds is 4. The largest absolute Gasteiger partial charge is 0.335 e. The highest BCUT2D eigenvalue weighted by Gasteiger charge is 2.47. The molecule has 2 aromatic heterocycles. The van der Waals surface area contributed by atoms with E-state index >= 15 is 0 Å². The fraction of sp³-hybridized carbons (Fsp3) is 0.333. The molecule has 3 atom stereocenters. The number of carbonyl (C=O) groups is 1. The van der Waals surface area contributed by atoms with Crippen molar-refractivity contribution in [2.75, 3.05) is 19.6 Å². The predicted octanol–water partition coefficient (Wildman–Crippen LogP) is 4.41. The highest BCUT2D eigenvalue weighted by Crippen LogP contribution is 2.43. The Kier molecular flexibility index (Phi) is 5.35. The lowest BCUT2D eigenvalue weighted by Gasteiger charge is -2.39. The Balaban J connectivity index is 1.40. The molecule has 2 saturated heterocycles. The van der Waals surface area contributed by atoms with Gasteiger partial charge in [0, 0.05) is 56.5 Å². The van der Waals surface area contributed by atoms with Crippen molar-refractivity contribution in [3.8, 4) is 0 Å². The molecule has 30 heavy (non-hydrogen) atoms. The van der Waals surface area contributed by atoms with Crippen molar-refractivity contribution in [3.05, 3.63) is 88.1 Å². The number of likely N-dealkylation sites (tertiary alicyclic amines) is 2. The number of piperidine rings is 1. The molecule has 0 radical (unpaired) electrons. The fourth-order valence-electron chi connectivity index (χ4n) is 5.06. The summed E-state index contributed by atoms with van der Waals surface area (Å²) in [5.74, 6) is 0.0275. The third kappa shape index (κ3) is 3.66. The van der Waals surface area contributed by atoms with Crippen LogP contribution in [0.4, 0.5) is 4.39 Å². The van der Waals surface area contributed by atoms with Gasteiger partial charge in [-0.1, -0.05) is 12.1 Å². The van der Waals surface area contributed by atoms with Crippen LogP contribution in [0, 0.1) is 11.7 Å². The molecule has 2 aliphatic heterocycles. The van der Waals surface area contributed by atoms with Crippen LogP contribution < -0.4 is 0 Å². The van der Waals surface area contributed by atoms with Crippen LogP contribution in [0.1, 0.15) is 33.8 Å². The Morgan fingerprint density at radius 2 is 1.97 bits per heavy atom. The second-order valence-electron chi connectivity index (χ2n) is 8.21. The van der Waals surface area contributed by atoms with Gasteiger partial charge in [0.25, 0.3) is 5.91 Å². The number of hydrogen-bond acceptors (Lipinski definition) is 4. The zero-order valence-corrected chi connectivity index (χ0v) is 17.5. The first-order valence-corrected chi connectivity index (χ1v) is 11.3. The molecule has 2 aliphatic rings. The number of carbonyl (C=O) groups excluding carboxylic acids is 1. The Hall–Kier alpha value is -2.57. The minimum Gasteiger partial charge on any atom is -0.335 e. The monoisotopic (exact) mass is 421 g/mol. The van der Waals surface area contributed by atoms with Crippen molar-refractivity contribution < 1.29 is 9.18 Å². The molecule has 2 fully saturated rings. The van der Waals surface area contributed by atoms with Crippen molar-refractivity contribution >= 4 is 17.2 Å². The van der Waals surface area contributed by atoms with Crippen LogP contribution >= 0.6 is 11.3 Å². The summed E-state index contributed by atoms with van der Waals surface area (Å²) in [4.78, 5) is 21.8. The summed E-state index contributed by atoms with van der Waals surface area (Å²) in [6.45, 7) is 3.42. The molecular formula is C24H24FN3OS. The second-order valence-corrected chi connectivity index (χ2v) is 8.99. The van der Waals surface area contributed by atoms with Crippen LogP contribution in [0.5, 0.6) is 0 Å². The number of fused-ring (bicyclic) bond motifs is 1. The van der Waals surface area contributed by atoms with E-state index in [1.165, 1.54) is 17.2 Å². The van der Waals surface area contributed by atoms with E-state index in [1.807, 2.05) is 17.3 Å². The number of thiophene rings is 1. The quantitative estimate of drug-likeness (QED) is 0.626. The Morgan fingerprint density at radius 3 is 2.73 bits per heavy atom. The fourth-order valence-corrected chi connectivity index (χ4v) is 5.78. The Labute approximate surface area is 180 Å². The lowest BCUT2D eigenvalue weighted by molar-refractivity contribution is 0.0609. The lowest BCUT2D eigenvalue weighted by Crippen LogP contribution is -2.47. The topological polar surface area (TPSA) is 36.4 Å². The van der Waals surface area contributed by atoms with Gasteiger partial charge in [-0.3, -0.25) is 14.7 Å². The molecule has 4 nitrogen and oxygen atoms in total. The van der Waals surface area contributed by atoms with Gasteiger partial charge in [-0.2, -0.15) is 11.3 Å². The minimum atomic E-state index is -0.437. The molecule has 1 aromatic carbocycles. The van der Waals surface area contributed by atoms with E-state index in [4.69, 9.17) is 0 Å². The van der Waals surface area contributed by atoms with E-state index in [1.54, 1.807) is 29.5 Å². The van der Waals surface area contributed by atoms with Gasteiger partial charge in [0.05, 0.1) is 5.56 Å². The molecule has 0 unspecified atom stereocenters. The zero-order chi connectivity index (χ0) is 20.5. The summed E-state index contributed by atoms with van der Waals surface area (Å²) in [6, 6.07) is 12.8. The maximum absolute atomic E-state index is 14.3. The van der Waals surface area contributed by atoms with Crippen molar-refractivity contribution in [1.29, 1.82) is 0 Å². The Bertz CT molecular complexity index is 1010. The van der Waals surface area contributed by atoms with Gasteiger partial charge >= 0.3 is 0 Å². The third-order valence-electron chi connectivity index (χ3n) is 6.51. The summed E-state index contributed by atoms with van der Waals surface area (Å²) in [7, 11) is 0. The minimum absolute atomic E-state index is 0.149. The van der Waals surface area contributed by atoms with E-state index in [0.717, 1.165) is 26.1 Å². The third-order valence-corrected chi connectivity index (χ3v) is 7.21. The summed E-state index contributed by atoms with van der Waals surface area (Å²) >= 11 is 1.69. The van der Waals surface area contributed by atoms with Crippen LogP contribution in [0.2, 0.25) is 0 Å². The van der Waals surface area contributed by atoms with Gasteiger partial charge < -0.3 is 4.90 Å². The van der Waals surface area contributed by atoms with Gasteiger partial charge in [-0.25, -0.2) is 4.39 Å². The van der Waals surface area contributed by atoms with E-state index in [-0.39, 0.29) is 23.4 Å². The van der Waals surface area contributed by atoms with Crippen LogP contribution in [-0.4, -0.2) is 46.4 Å². The molecule has 154 valence electrons. The lowest BCUT2D eigenvalue weighted by atomic mass is 9.82. The van der Waals surface area contributed by atoms with Gasteiger partial charge in [0.1, 0.15) is 5.82 Å². The Morgan fingerprint density at radius 1 is 1.13 bits per heavy atom. The number of halogens is 1. The van der Waals surface area contributed by atoms with Crippen LogP contribution in [0.3, 0.4) is 0 Å². The maximum Gasteiger partial charge on any atom is 0.257 e. The summed E-state index contributed by atoms with van der Waals surface area (Å²) in [5, 5.41) is 4.30. The first-order chi connectivity index (χ1) is 14.7. The number of amides is 1. The molecule has 5 rings (SSSR count). The van der Waals surface area contributed by atoms with E-state index in [9.17, 15) is 9.18 Å². The average Bonchev–Trinajstić information content (AvgIpc) is 3.42. The molecule has 0 N–H and O–H groups in total. The number of benzene rings is 1. The molecule has 4 heterocycles. The average molecular weight is 422 g/mol. The highest BCUT2D eigenvalue weighted by atomic mass is 32.1. The van der Waals surface area contributed by atoms with Crippen molar-refractivity contribution in [2.45, 2.75) is 24.9 Å². The van der Waals surface area contributed by atoms with Crippen molar-refractivity contribution in [3.63, 3.8) is 0 Å². The number of nitrogens with zero attached hydrogens (tertiary/aromatic N) is 3. The van der Waals surface area contributed by atoms with Crippen LogP contribution in [-0.2, 0) is 6.54 Å².